The molecule has 0 saturated heterocycles. The monoisotopic (exact) mass is 342 g/mol. The highest BCUT2D eigenvalue weighted by molar-refractivity contribution is 5.83. The summed E-state index contributed by atoms with van der Waals surface area (Å²) in [5.41, 5.74) is 6.13. The Bertz CT molecular complexity index is 800. The van der Waals surface area contributed by atoms with Crippen molar-refractivity contribution in [3.05, 3.63) is 52.6 Å². The van der Waals surface area contributed by atoms with Crippen LogP contribution in [-0.4, -0.2) is 30.9 Å². The highest BCUT2D eigenvalue weighted by atomic mass is 16.5. The van der Waals surface area contributed by atoms with Crippen molar-refractivity contribution in [2.75, 3.05) is 13.7 Å². The topological polar surface area (TPSA) is 80.2 Å². The molecule has 0 radical (unpaired) electrons. The van der Waals surface area contributed by atoms with Crippen molar-refractivity contribution in [3.8, 4) is 17.2 Å². The van der Waals surface area contributed by atoms with Crippen LogP contribution in [0.25, 0.3) is 0 Å². The molecule has 132 valence electrons. The molecule has 0 atom stereocenters. The van der Waals surface area contributed by atoms with Crippen LogP contribution in [0.2, 0.25) is 0 Å². The first-order valence-electron chi connectivity index (χ1n) is 7.81. The number of hydrogen-bond acceptors (Lipinski definition) is 5. The van der Waals surface area contributed by atoms with Gasteiger partial charge in [-0.15, -0.1) is 0 Å². The number of rotatable bonds is 6. The fourth-order valence-electron chi connectivity index (χ4n) is 2.28. The number of aromatic hydroxyl groups is 1. The fourth-order valence-corrected chi connectivity index (χ4v) is 2.28. The lowest BCUT2D eigenvalue weighted by molar-refractivity contribution is -0.123. The zero-order chi connectivity index (χ0) is 18.4. The maximum atomic E-state index is 11.9. The van der Waals surface area contributed by atoms with E-state index in [0.29, 0.717) is 11.3 Å². The Morgan fingerprint density at radius 3 is 2.60 bits per heavy atom. The van der Waals surface area contributed by atoms with E-state index in [-0.39, 0.29) is 18.3 Å². The summed E-state index contributed by atoms with van der Waals surface area (Å²) in [5, 5.41) is 13.5. The van der Waals surface area contributed by atoms with Gasteiger partial charge in [-0.05, 0) is 61.2 Å². The minimum Gasteiger partial charge on any atom is -0.504 e. The number of ether oxygens (including phenoxy) is 2. The third-order valence-electron chi connectivity index (χ3n) is 3.83. The van der Waals surface area contributed by atoms with Gasteiger partial charge in [0.1, 0.15) is 5.75 Å². The minimum atomic E-state index is -0.366. The molecular weight excluding hydrogens is 320 g/mol. The van der Waals surface area contributed by atoms with Crippen molar-refractivity contribution >= 4 is 12.1 Å². The average Bonchev–Trinajstić information content (AvgIpc) is 2.58. The van der Waals surface area contributed by atoms with E-state index in [2.05, 4.69) is 10.5 Å². The Kier molecular flexibility index (Phi) is 6.00. The zero-order valence-electron chi connectivity index (χ0n) is 14.8. The number of nitrogens with one attached hydrogen (secondary N) is 1. The second-order valence-corrected chi connectivity index (χ2v) is 5.67. The first-order chi connectivity index (χ1) is 11.9. The van der Waals surface area contributed by atoms with Gasteiger partial charge in [0.25, 0.3) is 5.91 Å². The molecule has 2 aromatic carbocycles. The van der Waals surface area contributed by atoms with Crippen LogP contribution >= 0.6 is 0 Å². The van der Waals surface area contributed by atoms with Crippen molar-refractivity contribution in [2.24, 2.45) is 5.10 Å². The smallest absolute Gasteiger partial charge is 0.277 e. The summed E-state index contributed by atoms with van der Waals surface area (Å²) in [6, 6.07) is 8.80. The Labute approximate surface area is 147 Å². The maximum Gasteiger partial charge on any atom is 0.277 e. The number of hydrogen-bond donors (Lipinski definition) is 2. The van der Waals surface area contributed by atoms with Crippen LogP contribution in [0.15, 0.2) is 35.4 Å². The van der Waals surface area contributed by atoms with Gasteiger partial charge in [-0.2, -0.15) is 5.10 Å². The van der Waals surface area contributed by atoms with E-state index >= 15 is 0 Å². The van der Waals surface area contributed by atoms with E-state index in [1.165, 1.54) is 19.4 Å². The van der Waals surface area contributed by atoms with Crippen LogP contribution < -0.4 is 14.9 Å². The number of phenolic OH excluding ortho intramolecular Hbond substituents is 1. The lowest BCUT2D eigenvalue weighted by Gasteiger charge is -2.13. The summed E-state index contributed by atoms with van der Waals surface area (Å²) in [6.45, 7) is 5.77. The predicted octanol–water partition coefficient (Wildman–Crippen LogP) is 2.86. The van der Waals surface area contributed by atoms with Crippen molar-refractivity contribution in [2.45, 2.75) is 20.8 Å². The highest BCUT2D eigenvalue weighted by Gasteiger charge is 2.08. The minimum absolute atomic E-state index is 0.00603. The number of phenols is 1. The van der Waals surface area contributed by atoms with Gasteiger partial charge in [0, 0.05) is 0 Å². The predicted molar refractivity (Wildman–Crippen MR) is 96.5 cm³/mol. The van der Waals surface area contributed by atoms with E-state index in [4.69, 9.17) is 9.47 Å². The molecule has 0 aliphatic heterocycles. The first-order valence-corrected chi connectivity index (χ1v) is 7.81. The second kappa shape index (κ2) is 8.19. The molecular formula is C19H22N2O4. The van der Waals surface area contributed by atoms with Crippen LogP contribution in [0.4, 0.5) is 0 Å². The van der Waals surface area contributed by atoms with E-state index < -0.39 is 0 Å². The number of carbonyl (C=O) groups is 1. The molecule has 1 amide bonds. The number of carbonyl (C=O) groups excluding carboxylic acids is 1. The van der Waals surface area contributed by atoms with Gasteiger partial charge in [0.15, 0.2) is 18.1 Å². The Balaban J connectivity index is 1.91. The van der Waals surface area contributed by atoms with Crippen LogP contribution in [0.1, 0.15) is 22.3 Å². The lowest BCUT2D eigenvalue weighted by atomic mass is 10.1. The third kappa shape index (κ3) is 4.73. The number of aryl methyl sites for hydroxylation is 2. The molecule has 2 N–H and O–H groups in total. The summed E-state index contributed by atoms with van der Waals surface area (Å²) in [7, 11) is 1.47. The summed E-state index contributed by atoms with van der Waals surface area (Å²) in [4.78, 5) is 11.9. The average molecular weight is 342 g/mol. The Morgan fingerprint density at radius 2 is 1.92 bits per heavy atom. The van der Waals surface area contributed by atoms with Crippen molar-refractivity contribution < 1.29 is 19.4 Å². The molecule has 0 aliphatic carbocycles. The van der Waals surface area contributed by atoms with Gasteiger partial charge in [-0.3, -0.25) is 4.79 Å². The maximum absolute atomic E-state index is 11.9. The number of amides is 1. The molecule has 0 unspecified atom stereocenters. The molecule has 0 heterocycles. The Morgan fingerprint density at radius 1 is 1.20 bits per heavy atom. The zero-order valence-corrected chi connectivity index (χ0v) is 14.8. The molecule has 6 heteroatoms. The first kappa shape index (κ1) is 18.3. The van der Waals surface area contributed by atoms with E-state index in [0.717, 1.165) is 22.4 Å². The lowest BCUT2D eigenvalue weighted by Crippen LogP contribution is -2.25. The van der Waals surface area contributed by atoms with Gasteiger partial charge < -0.3 is 14.6 Å². The summed E-state index contributed by atoms with van der Waals surface area (Å²) in [5.74, 6) is 0.735. The Hall–Kier alpha value is -3.02. The molecule has 2 rings (SSSR count). The number of benzene rings is 2. The van der Waals surface area contributed by atoms with Gasteiger partial charge >= 0.3 is 0 Å². The van der Waals surface area contributed by atoms with E-state index in [9.17, 15) is 9.90 Å². The molecule has 0 fully saturated rings. The molecule has 0 aliphatic rings. The van der Waals surface area contributed by atoms with Crippen LogP contribution in [-0.2, 0) is 4.79 Å². The molecule has 0 spiro atoms. The molecule has 0 bridgehead atoms. The number of hydrazone groups is 1. The molecule has 2 aromatic rings. The van der Waals surface area contributed by atoms with Gasteiger partial charge in [-0.1, -0.05) is 12.1 Å². The third-order valence-corrected chi connectivity index (χ3v) is 3.83. The SMILES string of the molecule is COc1ccc(/C=N/NC(=O)COc2c(C)ccc(C)c2C)cc1O. The van der Waals surface area contributed by atoms with Crippen LogP contribution in [0, 0.1) is 20.8 Å². The van der Waals surface area contributed by atoms with E-state index in [1.807, 2.05) is 32.9 Å². The molecule has 25 heavy (non-hydrogen) atoms. The molecule has 0 aromatic heterocycles. The van der Waals surface area contributed by atoms with Gasteiger partial charge in [-0.25, -0.2) is 5.43 Å². The van der Waals surface area contributed by atoms with Crippen molar-refractivity contribution in [3.63, 3.8) is 0 Å². The van der Waals surface area contributed by atoms with Gasteiger partial charge in [0.05, 0.1) is 13.3 Å². The quantitative estimate of drug-likeness (QED) is 0.625. The number of nitrogens with zero attached hydrogens (tertiary/aromatic N) is 1. The van der Waals surface area contributed by atoms with Gasteiger partial charge in [0.2, 0.25) is 0 Å². The summed E-state index contributed by atoms with van der Waals surface area (Å²) in [6.07, 6.45) is 1.43. The fraction of sp³-hybridized carbons (Fsp3) is 0.263. The van der Waals surface area contributed by atoms with Crippen molar-refractivity contribution in [1.82, 2.24) is 5.43 Å². The summed E-state index contributed by atoms with van der Waals surface area (Å²) < 4.78 is 10.6. The largest absolute Gasteiger partial charge is 0.504 e. The standard InChI is InChI=1S/C19H22N2O4/c1-12-5-6-13(2)19(14(12)3)25-11-18(23)21-20-10-15-7-8-17(24-4)16(22)9-15/h5-10,22H,11H2,1-4H3,(H,21,23)/b20-10+. The highest BCUT2D eigenvalue weighted by Crippen LogP contribution is 2.26. The van der Waals surface area contributed by atoms with Crippen LogP contribution in [0.5, 0.6) is 17.2 Å². The molecule has 6 nitrogen and oxygen atoms in total. The molecule has 0 saturated carbocycles. The van der Waals surface area contributed by atoms with E-state index in [1.54, 1.807) is 12.1 Å². The number of methoxy groups -OCH3 is 1. The van der Waals surface area contributed by atoms with Crippen LogP contribution in [0.3, 0.4) is 0 Å². The van der Waals surface area contributed by atoms with Crippen molar-refractivity contribution in [1.29, 1.82) is 0 Å². The normalized spacial score (nSPS) is 10.7. The summed E-state index contributed by atoms with van der Waals surface area (Å²) >= 11 is 0. The second-order valence-electron chi connectivity index (χ2n) is 5.67.